The summed E-state index contributed by atoms with van der Waals surface area (Å²) in [4.78, 5) is 12.2. The number of nitrogens with one attached hydrogen (secondary N) is 1. The SMILES string of the molecule is CC(NC(=O)c1ccc(N)c(Cl)c1)c1nnc2n1CCC2. The topological polar surface area (TPSA) is 85.8 Å². The fourth-order valence-corrected chi connectivity index (χ4v) is 2.69. The first-order valence-corrected chi connectivity index (χ1v) is 7.22. The Balaban J connectivity index is 1.76. The van der Waals surface area contributed by atoms with Crippen molar-refractivity contribution < 1.29 is 4.79 Å². The molecule has 0 spiro atoms. The second-order valence-electron chi connectivity index (χ2n) is 5.16. The van der Waals surface area contributed by atoms with Crippen molar-refractivity contribution in [3.05, 3.63) is 40.4 Å². The normalized spacial score (nSPS) is 14.8. The second kappa shape index (κ2) is 5.37. The molecule has 0 fully saturated rings. The van der Waals surface area contributed by atoms with Crippen molar-refractivity contribution in [2.24, 2.45) is 0 Å². The lowest BCUT2D eigenvalue weighted by Crippen LogP contribution is -2.28. The number of nitrogens with zero attached hydrogens (tertiary/aromatic N) is 3. The molecule has 1 aliphatic rings. The summed E-state index contributed by atoms with van der Waals surface area (Å²) in [7, 11) is 0. The molecule has 1 atom stereocenters. The summed E-state index contributed by atoms with van der Waals surface area (Å²) in [6.45, 7) is 2.80. The minimum Gasteiger partial charge on any atom is -0.398 e. The van der Waals surface area contributed by atoms with E-state index in [4.69, 9.17) is 17.3 Å². The monoisotopic (exact) mass is 305 g/mol. The van der Waals surface area contributed by atoms with E-state index in [1.165, 1.54) is 0 Å². The van der Waals surface area contributed by atoms with Crippen LogP contribution in [0, 0.1) is 0 Å². The molecule has 0 bridgehead atoms. The van der Waals surface area contributed by atoms with Crippen LogP contribution in [0.25, 0.3) is 0 Å². The minimum absolute atomic E-state index is 0.209. The number of hydrogen-bond donors (Lipinski definition) is 2. The molecule has 21 heavy (non-hydrogen) atoms. The first-order chi connectivity index (χ1) is 10.1. The minimum atomic E-state index is -0.215. The van der Waals surface area contributed by atoms with Gasteiger partial charge in [0.05, 0.1) is 16.8 Å². The molecular formula is C14H16ClN5O. The van der Waals surface area contributed by atoms with E-state index in [0.29, 0.717) is 16.3 Å². The number of hydrogen-bond acceptors (Lipinski definition) is 4. The van der Waals surface area contributed by atoms with Crippen LogP contribution >= 0.6 is 11.6 Å². The number of amides is 1. The summed E-state index contributed by atoms with van der Waals surface area (Å²) < 4.78 is 2.07. The molecule has 0 saturated carbocycles. The predicted octanol–water partition coefficient (Wildman–Crippen LogP) is 1.95. The van der Waals surface area contributed by atoms with Gasteiger partial charge < -0.3 is 15.6 Å². The van der Waals surface area contributed by atoms with Gasteiger partial charge in [0.25, 0.3) is 5.91 Å². The fourth-order valence-electron chi connectivity index (χ4n) is 2.51. The van der Waals surface area contributed by atoms with E-state index in [1.807, 2.05) is 6.92 Å². The third-order valence-electron chi connectivity index (χ3n) is 3.64. The predicted molar refractivity (Wildman–Crippen MR) is 80.1 cm³/mol. The highest BCUT2D eigenvalue weighted by atomic mass is 35.5. The first kappa shape index (κ1) is 13.9. The third-order valence-corrected chi connectivity index (χ3v) is 3.96. The standard InChI is InChI=1S/C14H16ClN5O/c1-8(13-19-18-12-3-2-6-20(12)13)17-14(21)9-4-5-11(16)10(15)7-9/h4-5,7-8H,2-3,6,16H2,1H3,(H,17,21). The van der Waals surface area contributed by atoms with Gasteiger partial charge in [-0.05, 0) is 31.5 Å². The summed E-state index contributed by atoms with van der Waals surface area (Å²) in [5.74, 6) is 1.57. The molecule has 1 amide bonds. The van der Waals surface area contributed by atoms with Crippen LogP contribution in [0.3, 0.4) is 0 Å². The van der Waals surface area contributed by atoms with Gasteiger partial charge in [-0.1, -0.05) is 11.6 Å². The summed E-state index contributed by atoms with van der Waals surface area (Å²) in [6, 6.07) is 4.62. The van der Waals surface area contributed by atoms with Crippen LogP contribution in [0.1, 0.15) is 41.4 Å². The van der Waals surface area contributed by atoms with E-state index in [0.717, 1.165) is 31.0 Å². The van der Waals surface area contributed by atoms with Gasteiger partial charge in [-0.15, -0.1) is 10.2 Å². The van der Waals surface area contributed by atoms with Crippen molar-refractivity contribution in [2.75, 3.05) is 5.73 Å². The smallest absolute Gasteiger partial charge is 0.251 e. The maximum atomic E-state index is 12.2. The number of halogens is 1. The Morgan fingerprint density at radius 3 is 3.05 bits per heavy atom. The average molecular weight is 306 g/mol. The van der Waals surface area contributed by atoms with Crippen LogP contribution in [0.4, 0.5) is 5.69 Å². The average Bonchev–Trinajstić information content (AvgIpc) is 3.04. The summed E-state index contributed by atoms with van der Waals surface area (Å²) in [5, 5.41) is 11.6. The quantitative estimate of drug-likeness (QED) is 0.849. The number of nitrogen functional groups attached to an aromatic ring is 1. The highest BCUT2D eigenvalue weighted by molar-refractivity contribution is 6.33. The molecule has 0 aliphatic carbocycles. The number of anilines is 1. The third kappa shape index (κ3) is 2.58. The molecule has 6 nitrogen and oxygen atoms in total. The number of aryl methyl sites for hydroxylation is 1. The molecule has 1 aromatic carbocycles. The Morgan fingerprint density at radius 1 is 1.48 bits per heavy atom. The molecule has 0 radical (unpaired) electrons. The number of carbonyl (C=O) groups excluding carboxylic acids is 1. The molecule has 0 saturated heterocycles. The van der Waals surface area contributed by atoms with E-state index in [2.05, 4.69) is 20.1 Å². The van der Waals surface area contributed by atoms with E-state index >= 15 is 0 Å². The molecule has 7 heteroatoms. The molecular weight excluding hydrogens is 290 g/mol. The number of fused-ring (bicyclic) bond motifs is 1. The lowest BCUT2D eigenvalue weighted by atomic mass is 10.2. The van der Waals surface area contributed by atoms with E-state index < -0.39 is 0 Å². The van der Waals surface area contributed by atoms with Crippen LogP contribution in [0.5, 0.6) is 0 Å². The number of rotatable bonds is 3. The van der Waals surface area contributed by atoms with Gasteiger partial charge in [0, 0.05) is 18.5 Å². The number of aromatic nitrogens is 3. The van der Waals surface area contributed by atoms with Crippen molar-refractivity contribution in [3.63, 3.8) is 0 Å². The molecule has 3 rings (SSSR count). The van der Waals surface area contributed by atoms with Crippen molar-refractivity contribution >= 4 is 23.2 Å². The second-order valence-corrected chi connectivity index (χ2v) is 5.57. The zero-order valence-electron chi connectivity index (χ0n) is 11.6. The van der Waals surface area contributed by atoms with Crippen molar-refractivity contribution in [1.29, 1.82) is 0 Å². The molecule has 1 aliphatic heterocycles. The Morgan fingerprint density at radius 2 is 2.29 bits per heavy atom. The largest absolute Gasteiger partial charge is 0.398 e. The summed E-state index contributed by atoms with van der Waals surface area (Å²) in [5.41, 5.74) is 6.57. The van der Waals surface area contributed by atoms with Crippen LogP contribution < -0.4 is 11.1 Å². The van der Waals surface area contributed by atoms with Crippen molar-refractivity contribution in [2.45, 2.75) is 32.4 Å². The number of nitrogens with two attached hydrogens (primary N) is 1. The van der Waals surface area contributed by atoms with Gasteiger partial charge in [0.15, 0.2) is 5.82 Å². The molecule has 1 aromatic heterocycles. The molecule has 2 heterocycles. The maximum absolute atomic E-state index is 12.2. The van der Waals surface area contributed by atoms with Crippen molar-refractivity contribution in [3.8, 4) is 0 Å². The van der Waals surface area contributed by atoms with E-state index in [9.17, 15) is 4.79 Å². The van der Waals surface area contributed by atoms with Crippen LogP contribution in [-0.4, -0.2) is 20.7 Å². The van der Waals surface area contributed by atoms with Gasteiger partial charge in [-0.3, -0.25) is 4.79 Å². The highest BCUT2D eigenvalue weighted by Gasteiger charge is 2.22. The molecule has 1 unspecified atom stereocenters. The van der Waals surface area contributed by atoms with Gasteiger partial charge >= 0.3 is 0 Å². The number of carbonyl (C=O) groups is 1. The Labute approximate surface area is 127 Å². The Hall–Kier alpha value is -2.08. The highest BCUT2D eigenvalue weighted by Crippen LogP contribution is 2.21. The Bertz CT molecular complexity index is 697. The van der Waals surface area contributed by atoms with Gasteiger partial charge in [-0.2, -0.15) is 0 Å². The van der Waals surface area contributed by atoms with Gasteiger partial charge in [0.2, 0.25) is 0 Å². The fraction of sp³-hybridized carbons (Fsp3) is 0.357. The van der Waals surface area contributed by atoms with Gasteiger partial charge in [-0.25, -0.2) is 0 Å². The first-order valence-electron chi connectivity index (χ1n) is 6.84. The summed E-state index contributed by atoms with van der Waals surface area (Å²) >= 11 is 5.94. The molecule has 110 valence electrons. The van der Waals surface area contributed by atoms with Crippen molar-refractivity contribution in [1.82, 2.24) is 20.1 Å². The zero-order chi connectivity index (χ0) is 15.0. The van der Waals surface area contributed by atoms with Crippen LogP contribution in [-0.2, 0) is 13.0 Å². The summed E-state index contributed by atoms with van der Waals surface area (Å²) in [6.07, 6.45) is 2.02. The maximum Gasteiger partial charge on any atom is 0.251 e. The lowest BCUT2D eigenvalue weighted by Gasteiger charge is -2.14. The van der Waals surface area contributed by atoms with Crippen LogP contribution in [0.2, 0.25) is 5.02 Å². The number of benzene rings is 1. The van der Waals surface area contributed by atoms with E-state index in [-0.39, 0.29) is 11.9 Å². The van der Waals surface area contributed by atoms with E-state index in [1.54, 1.807) is 18.2 Å². The molecule has 2 aromatic rings. The van der Waals surface area contributed by atoms with Gasteiger partial charge in [0.1, 0.15) is 5.82 Å². The Kier molecular flexibility index (Phi) is 3.55. The lowest BCUT2D eigenvalue weighted by molar-refractivity contribution is 0.0937. The molecule has 3 N–H and O–H groups in total. The zero-order valence-corrected chi connectivity index (χ0v) is 12.4. The van der Waals surface area contributed by atoms with Crippen LogP contribution in [0.15, 0.2) is 18.2 Å².